The summed E-state index contributed by atoms with van der Waals surface area (Å²) in [6.07, 6.45) is 1.39. The first-order valence-electron chi connectivity index (χ1n) is 6.29. The van der Waals surface area contributed by atoms with Gasteiger partial charge in [-0.15, -0.1) is 0 Å². The molecule has 0 radical (unpaired) electrons. The summed E-state index contributed by atoms with van der Waals surface area (Å²) in [5, 5.41) is 9.96. The third-order valence-corrected chi connectivity index (χ3v) is 3.26. The van der Waals surface area contributed by atoms with Crippen LogP contribution in [0.4, 0.5) is 17.8 Å². The largest absolute Gasteiger partial charge is 0.390 e. The summed E-state index contributed by atoms with van der Waals surface area (Å²) >= 11 is 0. The molecule has 106 valence electrons. The van der Waals surface area contributed by atoms with Crippen molar-refractivity contribution in [3.8, 4) is 0 Å². The Labute approximate surface area is 112 Å². The maximum atomic E-state index is 9.96. The minimum absolute atomic E-state index is 0.339. The van der Waals surface area contributed by atoms with Crippen molar-refractivity contribution in [1.29, 1.82) is 0 Å². The Kier molecular flexibility index (Phi) is 3.72. The Morgan fingerprint density at radius 3 is 2.42 bits per heavy atom. The normalized spacial score (nSPS) is 18.3. The molecule has 0 unspecified atom stereocenters. The van der Waals surface area contributed by atoms with E-state index >= 15 is 0 Å². The number of aromatic nitrogens is 3. The van der Waals surface area contributed by atoms with Gasteiger partial charge < -0.3 is 14.9 Å². The number of aliphatic hydroxyl groups is 1. The topological polar surface area (TPSA) is 103 Å². The summed E-state index contributed by atoms with van der Waals surface area (Å²) in [6.45, 7) is 3.29. The highest BCUT2D eigenvalue weighted by molar-refractivity contribution is 5.44. The van der Waals surface area contributed by atoms with Crippen LogP contribution in [0.1, 0.15) is 19.8 Å². The first-order chi connectivity index (χ1) is 8.91. The molecule has 2 rings (SSSR count). The molecule has 0 spiro atoms. The van der Waals surface area contributed by atoms with Gasteiger partial charge in [-0.2, -0.15) is 15.0 Å². The molecule has 1 aliphatic heterocycles. The van der Waals surface area contributed by atoms with Crippen molar-refractivity contribution in [2.75, 3.05) is 42.4 Å². The van der Waals surface area contributed by atoms with Crippen molar-refractivity contribution < 1.29 is 5.11 Å². The fourth-order valence-electron chi connectivity index (χ4n) is 1.95. The lowest BCUT2D eigenvalue weighted by molar-refractivity contribution is 0.0349. The molecule has 0 amide bonds. The number of hydrazine groups is 1. The monoisotopic (exact) mass is 267 g/mol. The van der Waals surface area contributed by atoms with E-state index in [1.165, 1.54) is 0 Å². The molecule has 1 saturated heterocycles. The van der Waals surface area contributed by atoms with Gasteiger partial charge in [0, 0.05) is 27.2 Å². The number of nitrogens with two attached hydrogens (primary N) is 1. The summed E-state index contributed by atoms with van der Waals surface area (Å²) in [7, 11) is 3.72. The van der Waals surface area contributed by atoms with Crippen LogP contribution in [0.25, 0.3) is 0 Å². The zero-order chi connectivity index (χ0) is 14.0. The van der Waals surface area contributed by atoms with Crippen molar-refractivity contribution in [2.45, 2.75) is 25.4 Å². The third-order valence-electron chi connectivity index (χ3n) is 3.26. The van der Waals surface area contributed by atoms with Crippen LogP contribution in [-0.2, 0) is 0 Å². The number of nitrogen functional groups attached to an aromatic ring is 1. The van der Waals surface area contributed by atoms with E-state index in [2.05, 4.69) is 20.4 Å². The van der Waals surface area contributed by atoms with E-state index in [1.54, 1.807) is 4.90 Å². The molecule has 19 heavy (non-hydrogen) atoms. The summed E-state index contributed by atoms with van der Waals surface area (Å²) in [6, 6.07) is 0. The molecule has 8 nitrogen and oxygen atoms in total. The summed E-state index contributed by atoms with van der Waals surface area (Å²) in [5.41, 5.74) is 1.86. The second kappa shape index (κ2) is 5.14. The highest BCUT2D eigenvalue weighted by atomic mass is 16.3. The molecule has 0 aromatic carbocycles. The Hall–Kier alpha value is -1.67. The van der Waals surface area contributed by atoms with Crippen molar-refractivity contribution >= 4 is 17.8 Å². The van der Waals surface area contributed by atoms with Gasteiger partial charge in [-0.05, 0) is 19.8 Å². The minimum atomic E-state index is -0.594. The molecule has 0 bridgehead atoms. The van der Waals surface area contributed by atoms with E-state index in [0.717, 1.165) is 0 Å². The Balaban J connectivity index is 2.22. The van der Waals surface area contributed by atoms with Crippen LogP contribution in [-0.4, -0.2) is 52.8 Å². The molecule has 1 aliphatic rings. The fraction of sp³-hybridized carbons (Fsp3) is 0.727. The van der Waals surface area contributed by atoms with Crippen molar-refractivity contribution in [2.24, 2.45) is 5.84 Å². The maximum absolute atomic E-state index is 9.96. The van der Waals surface area contributed by atoms with E-state index in [4.69, 9.17) is 5.84 Å². The quantitative estimate of drug-likeness (QED) is 0.501. The summed E-state index contributed by atoms with van der Waals surface area (Å²) in [5.74, 6) is 6.86. The van der Waals surface area contributed by atoms with E-state index in [1.807, 2.05) is 25.9 Å². The zero-order valence-electron chi connectivity index (χ0n) is 11.6. The second-order valence-electron chi connectivity index (χ2n) is 5.28. The predicted octanol–water partition coefficient (Wildman–Crippen LogP) is -0.426. The van der Waals surface area contributed by atoms with Gasteiger partial charge in [0.1, 0.15) is 0 Å². The van der Waals surface area contributed by atoms with Gasteiger partial charge in [-0.25, -0.2) is 5.84 Å². The molecule has 2 heterocycles. The van der Waals surface area contributed by atoms with E-state index in [0.29, 0.717) is 43.8 Å². The van der Waals surface area contributed by atoms with Crippen LogP contribution in [0.2, 0.25) is 0 Å². The molecule has 1 aromatic rings. The van der Waals surface area contributed by atoms with Crippen LogP contribution in [0.15, 0.2) is 0 Å². The molecule has 4 N–H and O–H groups in total. The average Bonchev–Trinajstić information content (AvgIpc) is 2.38. The van der Waals surface area contributed by atoms with Gasteiger partial charge in [0.25, 0.3) is 0 Å². The Bertz CT molecular complexity index is 439. The summed E-state index contributed by atoms with van der Waals surface area (Å²) in [4.78, 5) is 16.7. The molecule has 0 saturated carbocycles. The van der Waals surface area contributed by atoms with Crippen molar-refractivity contribution in [3.63, 3.8) is 0 Å². The molecule has 0 atom stereocenters. The molecule has 1 fully saturated rings. The van der Waals surface area contributed by atoms with E-state index in [9.17, 15) is 5.11 Å². The number of hydrogen-bond donors (Lipinski definition) is 3. The first-order valence-corrected chi connectivity index (χ1v) is 6.29. The molecule has 0 aliphatic carbocycles. The smallest absolute Gasteiger partial charge is 0.243 e. The van der Waals surface area contributed by atoms with Crippen LogP contribution in [0.5, 0.6) is 0 Å². The van der Waals surface area contributed by atoms with Gasteiger partial charge in [0.15, 0.2) is 0 Å². The van der Waals surface area contributed by atoms with Gasteiger partial charge in [-0.3, -0.25) is 5.43 Å². The number of nitrogens with one attached hydrogen (secondary N) is 1. The van der Waals surface area contributed by atoms with E-state index in [-0.39, 0.29) is 0 Å². The number of piperidine rings is 1. The third kappa shape index (κ3) is 3.21. The molecular weight excluding hydrogens is 246 g/mol. The highest BCUT2D eigenvalue weighted by Crippen LogP contribution is 2.24. The number of nitrogens with zero attached hydrogens (tertiary/aromatic N) is 5. The van der Waals surface area contributed by atoms with Gasteiger partial charge >= 0.3 is 0 Å². The number of anilines is 3. The molecule has 1 aromatic heterocycles. The van der Waals surface area contributed by atoms with Crippen LogP contribution < -0.4 is 21.1 Å². The predicted molar refractivity (Wildman–Crippen MR) is 74.0 cm³/mol. The molecule has 8 heteroatoms. The Morgan fingerprint density at radius 1 is 1.26 bits per heavy atom. The van der Waals surface area contributed by atoms with E-state index < -0.39 is 5.60 Å². The maximum Gasteiger partial charge on any atom is 0.243 e. The van der Waals surface area contributed by atoms with Gasteiger partial charge in [0.2, 0.25) is 17.8 Å². The van der Waals surface area contributed by atoms with Gasteiger partial charge in [-0.1, -0.05) is 0 Å². The zero-order valence-corrected chi connectivity index (χ0v) is 11.6. The summed E-state index contributed by atoms with van der Waals surface area (Å²) < 4.78 is 0. The minimum Gasteiger partial charge on any atom is -0.390 e. The molecular formula is C11H21N7O. The lowest BCUT2D eigenvalue weighted by Gasteiger charge is -2.35. The standard InChI is InChI=1S/C11H21N7O/c1-11(19)4-6-18(7-5-11)10-14-8(16-12)13-9(15-10)17(2)3/h19H,4-7,12H2,1-3H3,(H,13,14,15,16). The lowest BCUT2D eigenvalue weighted by Crippen LogP contribution is -2.43. The fourth-order valence-corrected chi connectivity index (χ4v) is 1.95. The van der Waals surface area contributed by atoms with Crippen LogP contribution in [0, 0.1) is 0 Å². The number of rotatable bonds is 3. The second-order valence-corrected chi connectivity index (χ2v) is 5.28. The van der Waals surface area contributed by atoms with Crippen molar-refractivity contribution in [1.82, 2.24) is 15.0 Å². The van der Waals surface area contributed by atoms with Gasteiger partial charge in [0.05, 0.1) is 5.60 Å². The van der Waals surface area contributed by atoms with Crippen LogP contribution >= 0.6 is 0 Å². The van der Waals surface area contributed by atoms with Crippen LogP contribution in [0.3, 0.4) is 0 Å². The lowest BCUT2D eigenvalue weighted by atomic mass is 9.94. The highest BCUT2D eigenvalue weighted by Gasteiger charge is 2.28. The Morgan fingerprint density at radius 2 is 1.89 bits per heavy atom. The average molecular weight is 267 g/mol. The number of hydrogen-bond acceptors (Lipinski definition) is 8. The first kappa shape index (κ1) is 13.8. The van der Waals surface area contributed by atoms with Crippen molar-refractivity contribution in [3.05, 3.63) is 0 Å². The SMILES string of the molecule is CN(C)c1nc(NN)nc(N2CCC(C)(O)CC2)n1.